The van der Waals surface area contributed by atoms with Gasteiger partial charge in [0.15, 0.2) is 0 Å². The normalized spacial score (nSPS) is 21.1. The number of hydrogen-bond acceptors (Lipinski definition) is 11. The molecule has 1 aromatic rings. The molecule has 10 N–H and O–H groups in total. The second-order valence-corrected chi connectivity index (χ2v) is 26.1. The fraction of sp³-hybridized carbons (Fsp3) is 0.800. The molecular weight excluding hydrogens is 1060 g/mol. The molecule has 19 heteroatoms. The fourth-order valence-corrected chi connectivity index (χ4v) is 10.1. The van der Waals surface area contributed by atoms with Crippen molar-refractivity contribution in [3.63, 3.8) is 0 Å². The van der Waals surface area contributed by atoms with Crippen molar-refractivity contribution in [2.24, 2.45) is 65.1 Å². The molecule has 7 amide bonds. The number of ether oxygens (including phenoxy) is 1. The molecule has 6 fully saturated rings. The third-order valence-electron chi connectivity index (χ3n) is 16.1. The summed E-state index contributed by atoms with van der Waals surface area (Å²) in [6, 6.07) is 10.1. The minimum Gasteiger partial charge on any atom is -0.445 e. The van der Waals surface area contributed by atoms with E-state index in [-0.39, 0.29) is 77.0 Å². The number of hydrogen-bond donors (Lipinski definition) is 9. The predicted molar refractivity (Wildman–Crippen MR) is 337 cm³/mol. The summed E-state index contributed by atoms with van der Waals surface area (Å²) < 4.78 is 5.32. The molecule has 5 atom stereocenters. The van der Waals surface area contributed by atoms with Crippen LogP contribution in [0.15, 0.2) is 30.3 Å². The van der Waals surface area contributed by atoms with Crippen molar-refractivity contribution >= 4 is 41.5 Å². The standard InChI is InChI=1S/C17H24N2O3.C11H21NO.C10H20N2O.3C9H18N2O/c1-13(2)16(20)18-10-15-8-9-19(11-15)17(21)22-12-14-6-4-3-5-7-14;1-9(2)11(13)12-8-10-6-4-3-5-7-10;1-8(2)10(13)11-6-9-4-5-12(3)7-9;2*1-7(2)9(12)11-6-8-3-4-10-5-8;1-7(2)9(12)11-6-8-4-3-5-10-8/h3-7,13,15H,8-12H2,1-2H3,(H,18,20);9-10H,3-8H2,1-2H3,(H,12,13);8-9H,4-7H2,1-3H3,(H,11,13);3*7-8,10H,3-6H2,1-2H3,(H,11,12)/p+1/t15-;;9-;3*8-/m1.0000/s1. The number of nitrogens with zero attached hydrogens (tertiary/aromatic N) is 2. The van der Waals surface area contributed by atoms with Gasteiger partial charge < -0.3 is 62.4 Å². The second kappa shape index (κ2) is 43.7. The van der Waals surface area contributed by atoms with Gasteiger partial charge >= 0.3 is 6.09 Å². The first kappa shape index (κ1) is 75.2. The topological polar surface area (TPSA) is 248 Å². The molecule has 0 unspecified atom stereocenters. The van der Waals surface area contributed by atoms with Crippen LogP contribution in [0, 0.1) is 65.1 Å². The summed E-state index contributed by atoms with van der Waals surface area (Å²) in [5, 5.41) is 26.7. The average molecular weight is 1180 g/mol. The van der Waals surface area contributed by atoms with Crippen molar-refractivity contribution in [3.8, 4) is 0 Å². The van der Waals surface area contributed by atoms with E-state index in [9.17, 15) is 33.6 Å². The molecule has 0 radical (unpaired) electrons. The summed E-state index contributed by atoms with van der Waals surface area (Å²) in [5.41, 5.74) is 0.982. The van der Waals surface area contributed by atoms with Gasteiger partial charge in [-0.15, -0.1) is 0 Å². The van der Waals surface area contributed by atoms with Crippen molar-refractivity contribution in [2.45, 2.75) is 166 Å². The Morgan fingerprint density at radius 3 is 1.39 bits per heavy atom. The van der Waals surface area contributed by atoms with Gasteiger partial charge in [0.1, 0.15) is 6.61 Å². The SMILES string of the molecule is CC(C)C(=O)NCC1CCCCC1.CC(C)C(=O)NC[C@@H]1CCCN1.CC(C)C(=O)NC[C@@H]1CCN(C)C1.CC(C)C(=O)NC[C@H]1CCN(C(=O)OCc2ccccc2)C1.CC(C)C(=O)NC[C@H]1CCNC1.CC(C)C(=O)NC[C@H]1CC[NH2+]C1. The summed E-state index contributed by atoms with van der Waals surface area (Å²) in [6.45, 7) is 37.4. The number of likely N-dealkylation sites (tertiary alicyclic amines) is 2. The van der Waals surface area contributed by atoms with Crippen LogP contribution in [0.5, 0.6) is 0 Å². The lowest BCUT2D eigenvalue weighted by atomic mass is 9.89. The summed E-state index contributed by atoms with van der Waals surface area (Å²) in [6.07, 6.45) is 13.4. The monoisotopic (exact) mass is 1180 g/mol. The van der Waals surface area contributed by atoms with E-state index in [1.54, 1.807) is 4.90 Å². The maximum Gasteiger partial charge on any atom is 0.410 e. The van der Waals surface area contributed by atoms with Crippen LogP contribution in [-0.4, -0.2) is 163 Å². The number of nitrogens with one attached hydrogen (secondary N) is 8. The van der Waals surface area contributed by atoms with E-state index in [1.165, 1.54) is 83.8 Å². The van der Waals surface area contributed by atoms with E-state index >= 15 is 0 Å². The Hall–Kier alpha value is -4.85. The van der Waals surface area contributed by atoms with Crippen molar-refractivity contribution in [2.75, 3.05) is 105 Å². The van der Waals surface area contributed by atoms with Crippen molar-refractivity contribution < 1.29 is 43.6 Å². The minimum atomic E-state index is -0.276. The van der Waals surface area contributed by atoms with Gasteiger partial charge in [-0.25, -0.2) is 4.79 Å². The van der Waals surface area contributed by atoms with Crippen LogP contribution in [-0.2, 0) is 40.1 Å². The van der Waals surface area contributed by atoms with Crippen molar-refractivity contribution in [1.29, 1.82) is 0 Å². The molecule has 482 valence electrons. The Morgan fingerprint density at radius 1 is 0.500 bits per heavy atom. The summed E-state index contributed by atoms with van der Waals surface area (Å²) in [5.74, 6) is 4.58. The lowest BCUT2D eigenvalue weighted by Crippen LogP contribution is -2.81. The van der Waals surface area contributed by atoms with Crippen LogP contribution in [0.3, 0.4) is 0 Å². The number of carbonyl (C=O) groups is 7. The van der Waals surface area contributed by atoms with Gasteiger partial charge in [-0.05, 0) is 107 Å². The molecule has 1 saturated carbocycles. The van der Waals surface area contributed by atoms with Gasteiger partial charge in [0.25, 0.3) is 0 Å². The molecule has 19 nitrogen and oxygen atoms in total. The van der Waals surface area contributed by atoms with E-state index in [2.05, 4.69) is 59.8 Å². The van der Waals surface area contributed by atoms with Gasteiger partial charge in [-0.2, -0.15) is 0 Å². The molecule has 0 bridgehead atoms. The van der Waals surface area contributed by atoms with Gasteiger partial charge in [0.2, 0.25) is 35.4 Å². The van der Waals surface area contributed by atoms with Crippen LogP contribution in [0.4, 0.5) is 4.79 Å². The first-order valence-corrected chi connectivity index (χ1v) is 32.5. The Bertz CT molecular complexity index is 1870. The Morgan fingerprint density at radius 2 is 0.964 bits per heavy atom. The summed E-state index contributed by atoms with van der Waals surface area (Å²) in [7, 11) is 2.13. The summed E-state index contributed by atoms with van der Waals surface area (Å²) in [4.78, 5) is 83.7. The first-order valence-electron chi connectivity index (χ1n) is 32.5. The molecule has 5 aliphatic heterocycles. The Balaban J connectivity index is 0.000000351. The van der Waals surface area contributed by atoms with Gasteiger partial charge in [-0.1, -0.05) is 133 Å². The highest BCUT2D eigenvalue weighted by atomic mass is 16.6. The van der Waals surface area contributed by atoms with Crippen molar-refractivity contribution in [3.05, 3.63) is 35.9 Å². The highest BCUT2D eigenvalue weighted by Gasteiger charge is 2.28. The zero-order valence-electron chi connectivity index (χ0n) is 54.6. The number of benzene rings is 1. The maximum absolute atomic E-state index is 12.0. The zero-order valence-corrected chi connectivity index (χ0v) is 54.6. The lowest BCUT2D eigenvalue weighted by molar-refractivity contribution is -0.638. The van der Waals surface area contributed by atoms with E-state index in [0.29, 0.717) is 56.0 Å². The Labute approximate surface area is 508 Å². The number of quaternary nitrogens is 1. The molecule has 1 aromatic carbocycles. The molecule has 0 aromatic heterocycles. The van der Waals surface area contributed by atoms with Crippen molar-refractivity contribution in [1.82, 2.24) is 52.3 Å². The maximum atomic E-state index is 12.0. The molecule has 6 aliphatic rings. The van der Waals surface area contributed by atoms with Gasteiger partial charge in [-0.3, -0.25) is 28.8 Å². The van der Waals surface area contributed by atoms with Crippen LogP contribution < -0.4 is 47.9 Å². The molecule has 5 saturated heterocycles. The van der Waals surface area contributed by atoms with E-state index in [1.807, 2.05) is 113 Å². The zero-order chi connectivity index (χ0) is 62.4. The third kappa shape index (κ3) is 34.9. The highest BCUT2D eigenvalue weighted by Crippen LogP contribution is 2.23. The van der Waals surface area contributed by atoms with Gasteiger partial charge in [0.05, 0.1) is 13.1 Å². The molecule has 84 heavy (non-hydrogen) atoms. The molecule has 5 heterocycles. The predicted octanol–water partition coefficient (Wildman–Crippen LogP) is 5.69. The minimum absolute atomic E-state index is 0.00616. The highest BCUT2D eigenvalue weighted by molar-refractivity contribution is 5.79. The third-order valence-corrected chi connectivity index (χ3v) is 16.1. The Kier molecular flexibility index (Phi) is 39.2. The molecular formula is C65H120N11O8+. The number of nitrogens with two attached hydrogens (primary N) is 1. The van der Waals surface area contributed by atoms with Crippen LogP contribution in [0.25, 0.3) is 0 Å². The first-order chi connectivity index (χ1) is 39.9. The van der Waals surface area contributed by atoms with E-state index in [0.717, 1.165) is 76.8 Å². The van der Waals surface area contributed by atoms with Crippen LogP contribution in [0.1, 0.15) is 159 Å². The molecule has 7 rings (SSSR count). The summed E-state index contributed by atoms with van der Waals surface area (Å²) >= 11 is 0. The quantitative estimate of drug-likeness (QED) is 0.0768. The lowest BCUT2D eigenvalue weighted by Gasteiger charge is -2.22. The van der Waals surface area contributed by atoms with Crippen LogP contribution >= 0.6 is 0 Å². The number of rotatable bonds is 20. The van der Waals surface area contributed by atoms with Crippen LogP contribution in [0.2, 0.25) is 0 Å². The van der Waals surface area contributed by atoms with E-state index in [4.69, 9.17) is 4.74 Å². The fourth-order valence-electron chi connectivity index (χ4n) is 10.1. The number of amides is 7. The van der Waals surface area contributed by atoms with Gasteiger partial charge in [0, 0.05) is 113 Å². The largest absolute Gasteiger partial charge is 0.445 e. The second-order valence-electron chi connectivity index (χ2n) is 26.1. The average Bonchev–Trinajstić information content (AvgIpc) is 4.40. The van der Waals surface area contributed by atoms with E-state index < -0.39 is 0 Å². The molecule has 0 spiro atoms. The molecule has 1 aliphatic carbocycles. The smallest absolute Gasteiger partial charge is 0.410 e. The number of carbonyl (C=O) groups excluding carboxylic acids is 7.